The van der Waals surface area contributed by atoms with Gasteiger partial charge in [0.1, 0.15) is 11.5 Å². The van der Waals surface area contributed by atoms with Crippen LogP contribution in [0.15, 0.2) is 12.1 Å². The maximum atomic E-state index is 11.4. The summed E-state index contributed by atoms with van der Waals surface area (Å²) in [6.07, 6.45) is 4.63. The van der Waals surface area contributed by atoms with Gasteiger partial charge in [0.25, 0.3) is 0 Å². The normalized spacial score (nSPS) is 32.0. The summed E-state index contributed by atoms with van der Waals surface area (Å²) in [5.74, 6) is 2.63. The lowest BCUT2D eigenvalue weighted by molar-refractivity contribution is 0.111. The molecule has 3 rings (SSSR count). The van der Waals surface area contributed by atoms with Crippen molar-refractivity contribution in [2.45, 2.75) is 46.0 Å². The van der Waals surface area contributed by atoms with Crippen LogP contribution in [-0.4, -0.2) is 20.5 Å². The van der Waals surface area contributed by atoms with E-state index in [1.54, 1.807) is 14.2 Å². The van der Waals surface area contributed by atoms with Gasteiger partial charge in [-0.3, -0.25) is 4.79 Å². The van der Waals surface area contributed by atoms with Gasteiger partial charge in [-0.15, -0.1) is 0 Å². The van der Waals surface area contributed by atoms with E-state index in [0.717, 1.165) is 18.0 Å². The molecule has 1 aromatic carbocycles. The second kappa shape index (κ2) is 5.00. The number of rotatable bonds is 4. The van der Waals surface area contributed by atoms with E-state index >= 15 is 0 Å². The Bertz CT molecular complexity index is 605. The first-order valence-electron chi connectivity index (χ1n) is 8.10. The molecule has 0 aromatic heterocycles. The third-order valence-corrected chi connectivity index (χ3v) is 6.88. The second-order valence-electron chi connectivity index (χ2n) is 7.62. The van der Waals surface area contributed by atoms with Crippen molar-refractivity contribution in [1.29, 1.82) is 0 Å². The van der Waals surface area contributed by atoms with Gasteiger partial charge in [-0.25, -0.2) is 0 Å². The Hall–Kier alpha value is -1.51. The number of hydrogen-bond acceptors (Lipinski definition) is 3. The zero-order valence-electron chi connectivity index (χ0n) is 14.2. The smallest absolute Gasteiger partial charge is 0.153 e. The molecular formula is C19H26O3. The average Bonchev–Trinajstić information content (AvgIpc) is 2.86. The fourth-order valence-electron chi connectivity index (χ4n) is 4.99. The van der Waals surface area contributed by atoms with Crippen molar-refractivity contribution in [2.75, 3.05) is 14.2 Å². The van der Waals surface area contributed by atoms with Crippen molar-refractivity contribution in [3.05, 3.63) is 23.3 Å². The molecule has 0 N–H and O–H groups in total. The monoisotopic (exact) mass is 302 g/mol. The van der Waals surface area contributed by atoms with Crippen LogP contribution < -0.4 is 9.47 Å². The molecule has 0 saturated heterocycles. The Balaban J connectivity index is 2.11. The zero-order chi connectivity index (χ0) is 16.1. The molecule has 2 aliphatic rings. The predicted octanol–water partition coefficient (Wildman–Crippen LogP) is 4.45. The lowest BCUT2D eigenvalue weighted by Crippen LogP contribution is -2.31. The molecule has 2 aliphatic carbocycles. The summed E-state index contributed by atoms with van der Waals surface area (Å²) in [4.78, 5) is 11.4. The number of carbonyl (C=O) groups excluding carboxylic acids is 1. The zero-order valence-corrected chi connectivity index (χ0v) is 14.2. The SMILES string of the molecule is COc1cc(OC)c(C2CC3CCC2(C)C3(C)C)cc1C=O. The van der Waals surface area contributed by atoms with Gasteiger partial charge in [-0.05, 0) is 53.6 Å². The summed E-state index contributed by atoms with van der Waals surface area (Å²) in [5.41, 5.74) is 2.38. The van der Waals surface area contributed by atoms with Crippen molar-refractivity contribution >= 4 is 6.29 Å². The van der Waals surface area contributed by atoms with Crippen LogP contribution in [0.3, 0.4) is 0 Å². The Morgan fingerprint density at radius 1 is 1.14 bits per heavy atom. The van der Waals surface area contributed by atoms with E-state index in [9.17, 15) is 4.79 Å². The largest absolute Gasteiger partial charge is 0.496 e. The first kappa shape index (κ1) is 15.4. The lowest BCUT2D eigenvalue weighted by atomic mass is 9.65. The summed E-state index contributed by atoms with van der Waals surface area (Å²) >= 11 is 0. The van der Waals surface area contributed by atoms with Crippen molar-refractivity contribution in [3.63, 3.8) is 0 Å². The van der Waals surface area contributed by atoms with Gasteiger partial charge in [0.2, 0.25) is 0 Å². The van der Waals surface area contributed by atoms with Gasteiger partial charge < -0.3 is 9.47 Å². The highest BCUT2D eigenvalue weighted by molar-refractivity contribution is 5.80. The maximum Gasteiger partial charge on any atom is 0.153 e. The van der Waals surface area contributed by atoms with E-state index in [-0.39, 0.29) is 5.41 Å². The van der Waals surface area contributed by atoms with Crippen molar-refractivity contribution in [2.24, 2.45) is 16.7 Å². The fraction of sp³-hybridized carbons (Fsp3) is 0.632. The standard InChI is InChI=1S/C19H26O3/c1-18(2)13-6-7-19(18,3)15(9-13)14-8-12(11-20)16(21-4)10-17(14)22-5/h8,10-11,13,15H,6-7,9H2,1-5H3. The van der Waals surface area contributed by atoms with Crippen molar-refractivity contribution < 1.29 is 14.3 Å². The van der Waals surface area contributed by atoms with Crippen molar-refractivity contribution in [3.8, 4) is 11.5 Å². The number of benzene rings is 1. The van der Waals surface area contributed by atoms with Gasteiger partial charge in [0.15, 0.2) is 6.29 Å². The molecule has 0 spiro atoms. The highest BCUT2D eigenvalue weighted by Crippen LogP contribution is 2.71. The van der Waals surface area contributed by atoms with Gasteiger partial charge in [0, 0.05) is 6.07 Å². The summed E-state index contributed by atoms with van der Waals surface area (Å²) in [6, 6.07) is 3.85. The minimum atomic E-state index is 0.264. The summed E-state index contributed by atoms with van der Waals surface area (Å²) in [5, 5.41) is 0. The summed E-state index contributed by atoms with van der Waals surface area (Å²) < 4.78 is 10.9. The molecule has 3 heteroatoms. The molecule has 2 bridgehead atoms. The van der Waals surface area contributed by atoms with E-state index in [0.29, 0.717) is 22.6 Å². The number of methoxy groups -OCH3 is 2. The molecular weight excluding hydrogens is 276 g/mol. The van der Waals surface area contributed by atoms with E-state index < -0.39 is 0 Å². The molecule has 0 radical (unpaired) electrons. The van der Waals surface area contributed by atoms with Crippen LogP contribution in [-0.2, 0) is 0 Å². The molecule has 3 nitrogen and oxygen atoms in total. The number of fused-ring (bicyclic) bond motifs is 2. The molecule has 22 heavy (non-hydrogen) atoms. The van der Waals surface area contributed by atoms with Gasteiger partial charge in [0.05, 0.1) is 19.8 Å². The Labute approximate surface area is 133 Å². The third-order valence-electron chi connectivity index (χ3n) is 6.88. The van der Waals surface area contributed by atoms with Crippen LogP contribution in [0.1, 0.15) is 61.9 Å². The molecule has 0 amide bonds. The summed E-state index contributed by atoms with van der Waals surface area (Å²) in [7, 11) is 3.28. The molecule has 1 aromatic rings. The van der Waals surface area contributed by atoms with Crippen LogP contribution in [0.25, 0.3) is 0 Å². The van der Waals surface area contributed by atoms with E-state index in [1.165, 1.54) is 24.8 Å². The van der Waals surface area contributed by atoms with E-state index in [2.05, 4.69) is 20.8 Å². The van der Waals surface area contributed by atoms with Gasteiger partial charge >= 0.3 is 0 Å². The summed E-state index contributed by atoms with van der Waals surface area (Å²) in [6.45, 7) is 7.22. The predicted molar refractivity (Wildman–Crippen MR) is 86.9 cm³/mol. The lowest BCUT2D eigenvalue weighted by Gasteiger charge is -2.40. The molecule has 2 saturated carbocycles. The first-order chi connectivity index (χ1) is 10.4. The average molecular weight is 302 g/mol. The van der Waals surface area contributed by atoms with Crippen LogP contribution in [0.2, 0.25) is 0 Å². The third kappa shape index (κ3) is 1.84. The topological polar surface area (TPSA) is 35.5 Å². The Morgan fingerprint density at radius 3 is 2.27 bits per heavy atom. The van der Waals surface area contributed by atoms with E-state index in [1.807, 2.05) is 12.1 Å². The van der Waals surface area contributed by atoms with Crippen LogP contribution >= 0.6 is 0 Å². The van der Waals surface area contributed by atoms with Crippen LogP contribution in [0.4, 0.5) is 0 Å². The highest BCUT2D eigenvalue weighted by atomic mass is 16.5. The van der Waals surface area contributed by atoms with E-state index in [4.69, 9.17) is 9.47 Å². The highest BCUT2D eigenvalue weighted by Gasteiger charge is 2.61. The molecule has 120 valence electrons. The minimum absolute atomic E-state index is 0.264. The number of carbonyl (C=O) groups is 1. The first-order valence-corrected chi connectivity index (χ1v) is 8.10. The van der Waals surface area contributed by atoms with Gasteiger partial charge in [-0.2, -0.15) is 0 Å². The number of hydrogen-bond donors (Lipinski definition) is 0. The molecule has 0 heterocycles. The second-order valence-corrected chi connectivity index (χ2v) is 7.62. The van der Waals surface area contributed by atoms with Crippen LogP contribution in [0, 0.1) is 16.7 Å². The molecule has 3 atom stereocenters. The molecule has 2 fully saturated rings. The Morgan fingerprint density at radius 2 is 1.82 bits per heavy atom. The van der Waals surface area contributed by atoms with Crippen LogP contribution in [0.5, 0.6) is 11.5 Å². The molecule has 0 aliphatic heterocycles. The molecule has 3 unspecified atom stereocenters. The fourth-order valence-corrected chi connectivity index (χ4v) is 4.99. The van der Waals surface area contributed by atoms with Crippen molar-refractivity contribution in [1.82, 2.24) is 0 Å². The number of aldehydes is 1. The minimum Gasteiger partial charge on any atom is -0.496 e. The number of ether oxygens (including phenoxy) is 2. The maximum absolute atomic E-state index is 11.4. The quantitative estimate of drug-likeness (QED) is 0.771. The van der Waals surface area contributed by atoms with Gasteiger partial charge in [-0.1, -0.05) is 20.8 Å². The Kier molecular flexibility index (Phi) is 3.50.